The molecule has 2 N–H and O–H groups in total. The number of hydrogen-bond acceptors (Lipinski definition) is 7. The highest BCUT2D eigenvalue weighted by molar-refractivity contribution is 5.95. The van der Waals surface area contributed by atoms with Crippen molar-refractivity contribution in [2.45, 2.75) is 25.5 Å². The summed E-state index contributed by atoms with van der Waals surface area (Å²) in [6, 6.07) is 3.04. The Morgan fingerprint density at radius 3 is 2.28 bits per heavy atom. The molecule has 1 heterocycles. The van der Waals surface area contributed by atoms with Gasteiger partial charge in [0.15, 0.2) is 17.7 Å². The molecule has 0 saturated carbocycles. The van der Waals surface area contributed by atoms with Gasteiger partial charge in [-0.05, 0) is 25.0 Å². The summed E-state index contributed by atoms with van der Waals surface area (Å²) in [5.74, 6) is 0.653. The largest absolute Gasteiger partial charge is 0.507 e. The van der Waals surface area contributed by atoms with Crippen LogP contribution in [0.15, 0.2) is 12.1 Å². The van der Waals surface area contributed by atoms with Gasteiger partial charge in [-0.3, -0.25) is 10.2 Å². The lowest BCUT2D eigenvalue weighted by atomic mass is 10.1. The average molecular weight is 354 g/mol. The van der Waals surface area contributed by atoms with Crippen molar-refractivity contribution in [1.82, 2.24) is 10.4 Å². The van der Waals surface area contributed by atoms with Crippen LogP contribution in [0.2, 0.25) is 0 Å². The number of hydrazine groups is 1. The second kappa shape index (κ2) is 8.43. The first kappa shape index (κ1) is 18.7. The molecule has 1 unspecified atom stereocenters. The minimum atomic E-state index is -1.38. The summed E-state index contributed by atoms with van der Waals surface area (Å²) >= 11 is 0. The van der Waals surface area contributed by atoms with Gasteiger partial charge in [-0.1, -0.05) is 0 Å². The first-order valence-corrected chi connectivity index (χ1v) is 7.77. The van der Waals surface area contributed by atoms with E-state index in [2.05, 4.69) is 5.43 Å². The van der Waals surface area contributed by atoms with Crippen LogP contribution in [0.25, 0.3) is 0 Å². The summed E-state index contributed by atoms with van der Waals surface area (Å²) in [6.45, 7) is 0.494. The molecule has 1 aliphatic heterocycles. The Bertz CT molecular complexity index is 610. The van der Waals surface area contributed by atoms with E-state index < -0.39 is 18.3 Å². The molecule has 9 nitrogen and oxygen atoms in total. The van der Waals surface area contributed by atoms with Gasteiger partial charge in [0, 0.05) is 18.5 Å². The van der Waals surface area contributed by atoms with Crippen LogP contribution in [0.5, 0.6) is 17.2 Å². The molecule has 1 atom stereocenters. The van der Waals surface area contributed by atoms with Gasteiger partial charge >= 0.3 is 6.16 Å². The molecule has 25 heavy (non-hydrogen) atoms. The summed E-state index contributed by atoms with van der Waals surface area (Å²) in [5.41, 5.74) is 2.97. The number of piperidine rings is 1. The molecule has 1 aromatic rings. The molecule has 1 aliphatic rings. The van der Waals surface area contributed by atoms with Crippen molar-refractivity contribution < 1.29 is 33.6 Å². The van der Waals surface area contributed by atoms with E-state index in [1.165, 1.54) is 38.5 Å². The summed E-state index contributed by atoms with van der Waals surface area (Å²) in [4.78, 5) is 23.4. The fourth-order valence-corrected chi connectivity index (χ4v) is 2.67. The number of nitrogens with zero attached hydrogens (tertiary/aromatic N) is 1. The molecule has 0 bridgehead atoms. The third-order valence-electron chi connectivity index (χ3n) is 3.86. The first-order valence-electron chi connectivity index (χ1n) is 7.77. The van der Waals surface area contributed by atoms with E-state index in [-0.39, 0.29) is 5.56 Å². The highest BCUT2D eigenvalue weighted by Crippen LogP contribution is 2.38. The summed E-state index contributed by atoms with van der Waals surface area (Å²) < 4.78 is 20.5. The lowest BCUT2D eigenvalue weighted by Crippen LogP contribution is -2.52. The third kappa shape index (κ3) is 4.44. The number of methoxy groups -OCH3 is 3. The van der Waals surface area contributed by atoms with E-state index in [9.17, 15) is 9.59 Å². The Morgan fingerprint density at radius 2 is 1.76 bits per heavy atom. The van der Waals surface area contributed by atoms with Crippen LogP contribution < -0.4 is 19.6 Å². The Morgan fingerprint density at radius 1 is 1.12 bits per heavy atom. The number of amides is 1. The minimum absolute atomic E-state index is 0.286. The highest BCUT2D eigenvalue weighted by atomic mass is 16.7. The number of rotatable bonds is 6. The first-order chi connectivity index (χ1) is 12.0. The molecule has 1 fully saturated rings. The van der Waals surface area contributed by atoms with Gasteiger partial charge in [0.25, 0.3) is 5.91 Å². The Balaban J connectivity index is 2.20. The van der Waals surface area contributed by atoms with Crippen molar-refractivity contribution in [3.05, 3.63) is 17.7 Å². The van der Waals surface area contributed by atoms with E-state index >= 15 is 0 Å². The lowest BCUT2D eigenvalue weighted by molar-refractivity contribution is -0.0742. The van der Waals surface area contributed by atoms with Crippen molar-refractivity contribution in [2.75, 3.05) is 27.9 Å². The maximum Gasteiger partial charge on any atom is 0.507 e. The molecule has 0 aromatic heterocycles. The molecule has 1 aromatic carbocycles. The van der Waals surface area contributed by atoms with E-state index in [1.807, 2.05) is 0 Å². The van der Waals surface area contributed by atoms with Gasteiger partial charge in [0.05, 0.1) is 21.3 Å². The van der Waals surface area contributed by atoms with Gasteiger partial charge in [-0.2, -0.15) is 5.01 Å². The van der Waals surface area contributed by atoms with Gasteiger partial charge in [0.1, 0.15) is 0 Å². The van der Waals surface area contributed by atoms with Gasteiger partial charge in [0.2, 0.25) is 5.75 Å². The smallest absolute Gasteiger partial charge is 0.493 e. The summed E-state index contributed by atoms with van der Waals surface area (Å²) in [7, 11) is 4.39. The fourth-order valence-electron chi connectivity index (χ4n) is 2.67. The molecular formula is C16H22N2O7. The van der Waals surface area contributed by atoms with Gasteiger partial charge in [-0.15, -0.1) is 0 Å². The predicted octanol–water partition coefficient (Wildman–Crippen LogP) is 1.86. The van der Waals surface area contributed by atoms with Crippen LogP contribution in [0.1, 0.15) is 29.6 Å². The standard InChI is InChI=1S/C16H22N2O7/c1-22-11-8-10(9-12(23-2)14(11)24-3)15(19)17-18-7-5-4-6-13(18)25-16(20)21/h8-9,13H,4-7H2,1-3H3,(H,17,19)(H,20,21). The number of carboxylic acid groups (broad SMARTS) is 1. The topological polar surface area (TPSA) is 107 Å². The van der Waals surface area contributed by atoms with E-state index in [0.717, 1.165) is 12.8 Å². The van der Waals surface area contributed by atoms with Crippen LogP contribution in [-0.4, -0.2) is 56.3 Å². The minimum Gasteiger partial charge on any atom is -0.493 e. The Kier molecular flexibility index (Phi) is 6.29. The summed E-state index contributed by atoms with van der Waals surface area (Å²) in [6.07, 6.45) is 0.0851. The molecule has 1 saturated heterocycles. The predicted molar refractivity (Wildman–Crippen MR) is 87.0 cm³/mol. The Labute approximate surface area is 145 Å². The van der Waals surface area contributed by atoms with Gasteiger partial charge < -0.3 is 24.1 Å². The number of hydrogen-bond donors (Lipinski definition) is 2. The second-order valence-electron chi connectivity index (χ2n) is 5.38. The van der Waals surface area contributed by atoms with E-state index in [4.69, 9.17) is 24.1 Å². The molecular weight excluding hydrogens is 332 g/mol. The fraction of sp³-hybridized carbons (Fsp3) is 0.500. The Hall–Kier alpha value is -2.68. The van der Waals surface area contributed by atoms with E-state index in [1.54, 1.807) is 0 Å². The molecule has 0 aliphatic carbocycles. The zero-order valence-electron chi connectivity index (χ0n) is 14.4. The van der Waals surface area contributed by atoms with Crippen LogP contribution in [0.4, 0.5) is 4.79 Å². The molecule has 9 heteroatoms. The highest BCUT2D eigenvalue weighted by Gasteiger charge is 2.28. The average Bonchev–Trinajstić information content (AvgIpc) is 2.61. The third-order valence-corrected chi connectivity index (χ3v) is 3.86. The number of carbonyl (C=O) groups is 2. The molecule has 0 spiro atoms. The SMILES string of the molecule is COc1cc(C(=O)NN2CCCCC2OC(=O)O)cc(OC)c1OC. The molecule has 2 rings (SSSR count). The zero-order valence-corrected chi connectivity index (χ0v) is 14.4. The molecule has 138 valence electrons. The quantitative estimate of drug-likeness (QED) is 0.746. The van der Waals surface area contributed by atoms with Crippen molar-refractivity contribution in [1.29, 1.82) is 0 Å². The van der Waals surface area contributed by atoms with Crippen molar-refractivity contribution in [3.63, 3.8) is 0 Å². The maximum atomic E-state index is 12.6. The number of ether oxygens (including phenoxy) is 4. The van der Waals surface area contributed by atoms with Crippen molar-refractivity contribution >= 4 is 12.1 Å². The van der Waals surface area contributed by atoms with Crippen LogP contribution in [0, 0.1) is 0 Å². The molecule has 0 radical (unpaired) electrons. The number of carbonyl (C=O) groups excluding carboxylic acids is 1. The van der Waals surface area contributed by atoms with Crippen molar-refractivity contribution in [3.8, 4) is 17.2 Å². The number of benzene rings is 1. The normalized spacial score (nSPS) is 17.5. The van der Waals surface area contributed by atoms with Gasteiger partial charge in [-0.25, -0.2) is 4.79 Å². The molecule has 1 amide bonds. The second-order valence-corrected chi connectivity index (χ2v) is 5.38. The van der Waals surface area contributed by atoms with Crippen molar-refractivity contribution in [2.24, 2.45) is 0 Å². The zero-order chi connectivity index (χ0) is 18.4. The monoisotopic (exact) mass is 354 g/mol. The van der Waals surface area contributed by atoms with E-state index in [0.29, 0.717) is 30.2 Å². The van der Waals surface area contributed by atoms with Crippen LogP contribution in [-0.2, 0) is 4.74 Å². The maximum absolute atomic E-state index is 12.6. The lowest BCUT2D eigenvalue weighted by Gasteiger charge is -2.33. The summed E-state index contributed by atoms with van der Waals surface area (Å²) in [5, 5.41) is 10.3. The number of nitrogens with one attached hydrogen (secondary N) is 1. The van der Waals surface area contributed by atoms with Crippen LogP contribution >= 0.6 is 0 Å². The van der Waals surface area contributed by atoms with Crippen LogP contribution in [0.3, 0.4) is 0 Å².